The molecule has 0 bridgehead atoms. The molecule has 0 amide bonds. The number of hydrogen-bond donors (Lipinski definition) is 5. The zero-order chi connectivity index (χ0) is 18.0. The molecule has 1 saturated heterocycles. The van der Waals surface area contributed by atoms with Crippen molar-refractivity contribution in [2.45, 2.75) is 36.6 Å². The number of benzene rings is 1. The predicted octanol–water partition coefficient (Wildman–Crippen LogP) is -1.69. The Kier molecular flexibility index (Phi) is 5.74. The van der Waals surface area contributed by atoms with Gasteiger partial charge >= 0.3 is 0 Å². The molecule has 5 N–H and O–H groups in total. The van der Waals surface area contributed by atoms with Gasteiger partial charge in [0, 0.05) is 5.92 Å². The topological polar surface area (TPSA) is 138 Å². The van der Waals surface area contributed by atoms with Crippen molar-refractivity contribution in [1.82, 2.24) is 0 Å². The van der Waals surface area contributed by atoms with E-state index in [1.54, 1.807) is 18.2 Å². The third kappa shape index (κ3) is 3.72. The van der Waals surface area contributed by atoms with Gasteiger partial charge in [0.25, 0.3) is 0 Å². The average molecular weight is 358 g/mol. The van der Waals surface area contributed by atoms with Crippen LogP contribution in [0.1, 0.15) is 11.5 Å². The van der Waals surface area contributed by atoms with Crippen molar-refractivity contribution in [3.63, 3.8) is 0 Å². The number of rotatable bonds is 6. The molecule has 0 aromatic heterocycles. The highest BCUT2D eigenvalue weighted by atomic mass is 16.7. The largest absolute Gasteiger partial charge is 0.454 e. The highest BCUT2D eigenvalue weighted by Gasteiger charge is 2.44. The van der Waals surface area contributed by atoms with Crippen molar-refractivity contribution >= 4 is 0 Å². The van der Waals surface area contributed by atoms with Crippen molar-refractivity contribution in [3.05, 3.63) is 23.8 Å². The Morgan fingerprint density at radius 2 is 1.80 bits per heavy atom. The van der Waals surface area contributed by atoms with Crippen LogP contribution < -0.4 is 9.47 Å². The summed E-state index contributed by atoms with van der Waals surface area (Å²) in [5.74, 6) is 0.765. The zero-order valence-electron chi connectivity index (χ0n) is 13.4. The van der Waals surface area contributed by atoms with E-state index in [9.17, 15) is 25.5 Å². The summed E-state index contributed by atoms with van der Waals surface area (Å²) in [4.78, 5) is 0. The minimum atomic E-state index is -1.51. The Bertz CT molecular complexity index is 579. The van der Waals surface area contributed by atoms with Crippen LogP contribution in [0.2, 0.25) is 0 Å². The lowest BCUT2D eigenvalue weighted by molar-refractivity contribution is -0.302. The SMILES string of the molecule is OCC(CO[C@@H]1O[C@H](CO)[C@@H](O)[C@H](O)[C@H]1O)c1ccc2c(c1)OCO2. The van der Waals surface area contributed by atoms with E-state index in [1.807, 2.05) is 0 Å². The maximum atomic E-state index is 9.96. The molecule has 0 saturated carbocycles. The summed E-state index contributed by atoms with van der Waals surface area (Å²) in [6.07, 6.45) is -6.70. The van der Waals surface area contributed by atoms with Crippen LogP contribution in [0, 0.1) is 0 Å². The highest BCUT2D eigenvalue weighted by Crippen LogP contribution is 2.35. The molecule has 1 aromatic rings. The second-order valence-corrected chi connectivity index (χ2v) is 6.02. The molecule has 140 valence electrons. The fourth-order valence-electron chi connectivity index (χ4n) is 2.84. The fourth-order valence-corrected chi connectivity index (χ4v) is 2.84. The molecule has 0 spiro atoms. The average Bonchev–Trinajstić information content (AvgIpc) is 3.10. The Balaban J connectivity index is 1.64. The van der Waals surface area contributed by atoms with Crippen LogP contribution in [-0.2, 0) is 9.47 Å². The van der Waals surface area contributed by atoms with Crippen LogP contribution >= 0.6 is 0 Å². The molecule has 2 aliphatic rings. The molecule has 9 heteroatoms. The van der Waals surface area contributed by atoms with E-state index in [2.05, 4.69) is 0 Å². The maximum absolute atomic E-state index is 9.96. The summed E-state index contributed by atoms with van der Waals surface area (Å²) >= 11 is 0. The summed E-state index contributed by atoms with van der Waals surface area (Å²) in [7, 11) is 0. The van der Waals surface area contributed by atoms with Crippen LogP contribution in [0.5, 0.6) is 11.5 Å². The van der Waals surface area contributed by atoms with Gasteiger partial charge in [-0.1, -0.05) is 6.07 Å². The van der Waals surface area contributed by atoms with Gasteiger partial charge in [-0.05, 0) is 17.7 Å². The van der Waals surface area contributed by atoms with Gasteiger partial charge in [-0.2, -0.15) is 0 Å². The van der Waals surface area contributed by atoms with Crippen LogP contribution in [-0.4, -0.2) is 82.9 Å². The molecule has 3 rings (SSSR count). The molecule has 1 aromatic carbocycles. The normalized spacial score (nSPS) is 32.6. The van der Waals surface area contributed by atoms with Crippen molar-refractivity contribution in [1.29, 1.82) is 0 Å². The van der Waals surface area contributed by atoms with Crippen molar-refractivity contribution in [2.24, 2.45) is 0 Å². The lowest BCUT2D eigenvalue weighted by atomic mass is 9.98. The molecule has 0 aliphatic carbocycles. The van der Waals surface area contributed by atoms with Crippen LogP contribution in [0.3, 0.4) is 0 Å². The molecule has 2 aliphatic heterocycles. The number of aliphatic hydroxyl groups is 5. The lowest BCUT2D eigenvalue weighted by Gasteiger charge is -2.39. The predicted molar refractivity (Wildman–Crippen MR) is 82.1 cm³/mol. The summed E-state index contributed by atoms with van der Waals surface area (Å²) in [5.41, 5.74) is 0.747. The Morgan fingerprint density at radius 1 is 1.04 bits per heavy atom. The van der Waals surface area contributed by atoms with Crippen molar-refractivity contribution in [3.8, 4) is 11.5 Å². The van der Waals surface area contributed by atoms with Crippen molar-refractivity contribution in [2.75, 3.05) is 26.6 Å². The van der Waals surface area contributed by atoms with E-state index in [0.29, 0.717) is 11.5 Å². The quantitative estimate of drug-likeness (QED) is 0.403. The molecular weight excluding hydrogens is 336 g/mol. The van der Waals surface area contributed by atoms with Gasteiger partial charge in [0.2, 0.25) is 6.79 Å². The van der Waals surface area contributed by atoms with E-state index >= 15 is 0 Å². The first-order chi connectivity index (χ1) is 12.0. The van der Waals surface area contributed by atoms with E-state index in [0.717, 1.165) is 5.56 Å². The minimum Gasteiger partial charge on any atom is -0.454 e. The molecule has 6 atom stereocenters. The molecular formula is C16H22O9. The second-order valence-electron chi connectivity index (χ2n) is 6.02. The second kappa shape index (κ2) is 7.83. The molecule has 9 nitrogen and oxygen atoms in total. The highest BCUT2D eigenvalue weighted by molar-refractivity contribution is 5.45. The zero-order valence-corrected chi connectivity index (χ0v) is 13.4. The Morgan fingerprint density at radius 3 is 2.52 bits per heavy atom. The van der Waals surface area contributed by atoms with Gasteiger partial charge in [-0.3, -0.25) is 0 Å². The summed E-state index contributed by atoms with van der Waals surface area (Å²) in [5, 5.41) is 48.3. The van der Waals surface area contributed by atoms with E-state index < -0.39 is 43.2 Å². The monoisotopic (exact) mass is 358 g/mol. The molecule has 1 fully saturated rings. The smallest absolute Gasteiger partial charge is 0.231 e. The first kappa shape index (κ1) is 18.3. The number of hydrogen-bond acceptors (Lipinski definition) is 9. The fraction of sp³-hybridized carbons (Fsp3) is 0.625. The van der Waals surface area contributed by atoms with Gasteiger partial charge in [0.1, 0.15) is 24.4 Å². The molecule has 1 unspecified atom stereocenters. The summed E-state index contributed by atoms with van der Waals surface area (Å²) in [6.45, 7) is -0.629. The van der Waals surface area contributed by atoms with E-state index in [4.69, 9.17) is 18.9 Å². The first-order valence-electron chi connectivity index (χ1n) is 7.97. The first-order valence-corrected chi connectivity index (χ1v) is 7.97. The number of aliphatic hydroxyl groups excluding tert-OH is 5. The molecule has 2 heterocycles. The van der Waals surface area contributed by atoms with Gasteiger partial charge in [0.15, 0.2) is 17.8 Å². The minimum absolute atomic E-state index is 0.0150. The van der Waals surface area contributed by atoms with Gasteiger partial charge in [-0.25, -0.2) is 0 Å². The Labute approximate surface area is 143 Å². The number of ether oxygens (including phenoxy) is 4. The van der Waals surface area contributed by atoms with Crippen LogP contribution in [0.15, 0.2) is 18.2 Å². The third-order valence-corrected chi connectivity index (χ3v) is 4.40. The van der Waals surface area contributed by atoms with E-state index in [1.165, 1.54) is 0 Å². The molecule has 25 heavy (non-hydrogen) atoms. The lowest BCUT2D eigenvalue weighted by Crippen LogP contribution is -2.59. The Hall–Kier alpha value is -1.46. The standard InChI is InChI=1S/C16H22O9/c17-4-9(8-1-2-10-11(3-8)24-7-23-10)6-22-16-15(21)14(20)13(19)12(5-18)25-16/h1-3,9,12-21H,4-7H2/t9?,12-,13-,14+,15-,16-/m1/s1. The van der Waals surface area contributed by atoms with Crippen LogP contribution in [0.4, 0.5) is 0 Å². The van der Waals surface area contributed by atoms with E-state index in [-0.39, 0.29) is 20.0 Å². The third-order valence-electron chi connectivity index (χ3n) is 4.40. The summed E-state index contributed by atoms with van der Waals surface area (Å²) in [6, 6.07) is 5.24. The van der Waals surface area contributed by atoms with Crippen LogP contribution in [0.25, 0.3) is 0 Å². The van der Waals surface area contributed by atoms with Gasteiger partial charge in [0.05, 0.1) is 19.8 Å². The molecule has 0 radical (unpaired) electrons. The maximum Gasteiger partial charge on any atom is 0.231 e. The van der Waals surface area contributed by atoms with Gasteiger partial charge < -0.3 is 44.5 Å². The summed E-state index contributed by atoms with van der Waals surface area (Å²) < 4.78 is 21.3. The number of fused-ring (bicyclic) bond motifs is 1. The van der Waals surface area contributed by atoms with Gasteiger partial charge in [-0.15, -0.1) is 0 Å². The van der Waals surface area contributed by atoms with Crippen molar-refractivity contribution < 1.29 is 44.5 Å².